The standard InChI is InChI=1S/C25H52NO8P/c1-5-6-7-8-9-10-11-12-13-14-15-16-17-18-19-23(28)25(24(22-27)33-29)34-35(30,31)32-21-20-26(2,3)4/h24-25,27H,5-22H2,1-4H3,(H-,29,30,31)/t24-,25?/m0/s1. The molecule has 0 heterocycles. The van der Waals surface area contributed by atoms with E-state index < -0.39 is 32.4 Å². The lowest BCUT2D eigenvalue weighted by molar-refractivity contribution is -0.870. The fourth-order valence-corrected chi connectivity index (χ4v) is 4.65. The summed E-state index contributed by atoms with van der Waals surface area (Å²) in [6, 6.07) is 0. The van der Waals surface area contributed by atoms with Gasteiger partial charge in [0.25, 0.3) is 7.82 Å². The van der Waals surface area contributed by atoms with Gasteiger partial charge in [-0.1, -0.05) is 90.4 Å². The van der Waals surface area contributed by atoms with Crippen molar-refractivity contribution in [1.29, 1.82) is 0 Å². The second-order valence-corrected chi connectivity index (χ2v) is 11.8. The molecule has 0 radical (unpaired) electrons. The summed E-state index contributed by atoms with van der Waals surface area (Å²) in [4.78, 5) is 28.9. The number of quaternary nitrogens is 1. The van der Waals surface area contributed by atoms with Crippen LogP contribution < -0.4 is 4.89 Å². The molecule has 0 fully saturated rings. The number of likely N-dealkylation sites (N-methyl/N-ethyl adjacent to an activating group) is 1. The number of aliphatic hydroxyl groups excluding tert-OH is 1. The van der Waals surface area contributed by atoms with E-state index in [1.807, 2.05) is 21.1 Å². The Kier molecular flexibility index (Phi) is 20.4. The third kappa shape index (κ3) is 20.4. The smallest absolute Gasteiger partial charge is 0.268 e. The minimum absolute atomic E-state index is 0.0709. The van der Waals surface area contributed by atoms with E-state index in [0.717, 1.165) is 19.3 Å². The first-order valence-corrected chi connectivity index (χ1v) is 14.9. The first-order valence-electron chi connectivity index (χ1n) is 13.4. The average molecular weight is 526 g/mol. The first-order chi connectivity index (χ1) is 16.6. The fourth-order valence-electron chi connectivity index (χ4n) is 3.75. The van der Waals surface area contributed by atoms with Crippen LogP contribution >= 0.6 is 7.82 Å². The van der Waals surface area contributed by atoms with Gasteiger partial charge in [-0.15, -0.1) is 0 Å². The molecule has 0 amide bonds. The van der Waals surface area contributed by atoms with Crippen molar-refractivity contribution in [3.63, 3.8) is 0 Å². The van der Waals surface area contributed by atoms with Crippen molar-refractivity contribution in [1.82, 2.24) is 0 Å². The number of carbonyl (C=O) groups excluding carboxylic acids is 1. The van der Waals surface area contributed by atoms with Gasteiger partial charge < -0.3 is 23.5 Å². The van der Waals surface area contributed by atoms with Crippen LogP contribution in [-0.2, 0) is 23.3 Å². The van der Waals surface area contributed by atoms with Crippen molar-refractivity contribution in [2.24, 2.45) is 0 Å². The van der Waals surface area contributed by atoms with E-state index in [2.05, 4.69) is 11.8 Å². The maximum absolute atomic E-state index is 12.6. The number of carbonyl (C=O) groups is 1. The monoisotopic (exact) mass is 525 g/mol. The van der Waals surface area contributed by atoms with Gasteiger partial charge in [-0.25, -0.2) is 4.89 Å². The second kappa shape index (κ2) is 20.7. The van der Waals surface area contributed by atoms with Crippen LogP contribution in [0.15, 0.2) is 0 Å². The van der Waals surface area contributed by atoms with Crippen molar-refractivity contribution in [3.8, 4) is 0 Å². The summed E-state index contributed by atoms with van der Waals surface area (Å²) >= 11 is 0. The summed E-state index contributed by atoms with van der Waals surface area (Å²) in [6.45, 7) is 1.76. The van der Waals surface area contributed by atoms with Crippen LogP contribution in [0.4, 0.5) is 0 Å². The number of aliphatic hydroxyl groups is 1. The van der Waals surface area contributed by atoms with Crippen molar-refractivity contribution in [2.45, 2.75) is 115 Å². The van der Waals surface area contributed by atoms with Crippen LogP contribution in [0.5, 0.6) is 0 Å². The highest BCUT2D eigenvalue weighted by Gasteiger charge is 2.33. The lowest BCUT2D eigenvalue weighted by Crippen LogP contribution is -2.41. The summed E-state index contributed by atoms with van der Waals surface area (Å²) in [5.41, 5.74) is 0. The Morgan fingerprint density at radius 1 is 0.886 bits per heavy atom. The second-order valence-electron chi connectivity index (χ2n) is 10.5. The molecule has 0 saturated carbocycles. The average Bonchev–Trinajstić information content (AvgIpc) is 2.78. The molecule has 0 rings (SSSR count). The van der Waals surface area contributed by atoms with Gasteiger partial charge in [0.1, 0.15) is 19.3 Å². The van der Waals surface area contributed by atoms with Crippen molar-refractivity contribution >= 4 is 13.6 Å². The molecule has 0 bridgehead atoms. The summed E-state index contributed by atoms with van der Waals surface area (Å²) in [5.74, 6) is -0.552. The number of phosphoric acid groups is 1. The molecular weight excluding hydrogens is 473 g/mol. The molecule has 35 heavy (non-hydrogen) atoms. The molecule has 0 aliphatic heterocycles. The topological polar surface area (TPSA) is 125 Å². The Bertz CT molecular complexity index is 566. The molecule has 0 aromatic carbocycles. The number of ketones is 1. The highest BCUT2D eigenvalue weighted by molar-refractivity contribution is 7.45. The Morgan fingerprint density at radius 2 is 1.34 bits per heavy atom. The van der Waals surface area contributed by atoms with Gasteiger partial charge >= 0.3 is 0 Å². The van der Waals surface area contributed by atoms with E-state index in [0.29, 0.717) is 17.4 Å². The number of nitrogens with zero attached hydrogens (tertiary/aromatic N) is 1. The lowest BCUT2D eigenvalue weighted by atomic mass is 10.0. The Hall–Kier alpha value is -0.380. The molecular formula is C25H52NO8P. The zero-order valence-electron chi connectivity index (χ0n) is 22.6. The molecule has 2 unspecified atom stereocenters. The van der Waals surface area contributed by atoms with Crippen LogP contribution in [0.3, 0.4) is 0 Å². The molecule has 10 heteroatoms. The lowest BCUT2D eigenvalue weighted by Gasteiger charge is -2.31. The van der Waals surface area contributed by atoms with Gasteiger partial charge in [-0.05, 0) is 6.42 Å². The van der Waals surface area contributed by atoms with E-state index >= 15 is 0 Å². The van der Waals surface area contributed by atoms with E-state index in [4.69, 9.17) is 14.3 Å². The molecule has 9 nitrogen and oxygen atoms in total. The summed E-state index contributed by atoms with van der Waals surface area (Å²) < 4.78 is 22.4. The Balaban J connectivity index is 4.17. The van der Waals surface area contributed by atoms with Crippen LogP contribution in [0, 0.1) is 0 Å². The molecule has 0 spiro atoms. The maximum atomic E-state index is 12.6. The zero-order chi connectivity index (χ0) is 26.6. The number of hydrogen-bond acceptors (Lipinski definition) is 8. The van der Waals surface area contributed by atoms with Gasteiger partial charge in [-0.2, -0.15) is 0 Å². The predicted molar refractivity (Wildman–Crippen MR) is 136 cm³/mol. The molecule has 0 aromatic rings. The predicted octanol–water partition coefficient (Wildman–Crippen LogP) is 4.85. The van der Waals surface area contributed by atoms with Crippen molar-refractivity contribution in [3.05, 3.63) is 0 Å². The number of rotatable bonds is 25. The van der Waals surface area contributed by atoms with Crippen LogP contribution in [-0.4, -0.2) is 73.7 Å². The Labute approximate surface area is 213 Å². The number of phosphoric ester groups is 1. The SMILES string of the molecule is CCCCCCCCCCCCCCCCC(=O)C(OP(=O)([O-])OCC[N+](C)(C)C)[C@H](CO)OO. The first kappa shape index (κ1) is 34.6. The minimum Gasteiger partial charge on any atom is -0.756 e. The summed E-state index contributed by atoms with van der Waals surface area (Å²) in [6.07, 6.45) is 13.5. The quantitative estimate of drug-likeness (QED) is 0.0569. The van der Waals surface area contributed by atoms with Crippen LogP contribution in [0.2, 0.25) is 0 Å². The third-order valence-corrected chi connectivity index (χ3v) is 6.99. The zero-order valence-corrected chi connectivity index (χ0v) is 23.5. The molecule has 0 saturated heterocycles. The van der Waals surface area contributed by atoms with Crippen molar-refractivity contribution in [2.75, 3.05) is 40.9 Å². The molecule has 0 aliphatic rings. The molecule has 3 atom stereocenters. The molecule has 2 N–H and O–H groups in total. The maximum Gasteiger partial charge on any atom is 0.268 e. The van der Waals surface area contributed by atoms with Crippen LogP contribution in [0.25, 0.3) is 0 Å². The normalized spacial score (nSPS) is 15.6. The minimum atomic E-state index is -4.83. The molecule has 0 aliphatic carbocycles. The third-order valence-electron chi connectivity index (χ3n) is 6.00. The Morgan fingerprint density at radius 3 is 1.74 bits per heavy atom. The van der Waals surface area contributed by atoms with Gasteiger partial charge in [0, 0.05) is 6.42 Å². The van der Waals surface area contributed by atoms with Crippen molar-refractivity contribution < 1.29 is 43.0 Å². The van der Waals surface area contributed by atoms with Crippen LogP contribution in [0.1, 0.15) is 103 Å². The van der Waals surface area contributed by atoms with E-state index in [1.165, 1.54) is 64.2 Å². The highest BCUT2D eigenvalue weighted by atomic mass is 31.2. The number of hydrogen-bond donors (Lipinski definition) is 2. The number of Topliss-reactive ketones (excluding diaryl/α,β-unsaturated/α-hetero) is 1. The summed E-state index contributed by atoms with van der Waals surface area (Å²) in [7, 11) is 0.812. The molecule has 210 valence electrons. The van der Waals surface area contributed by atoms with E-state index in [-0.39, 0.29) is 13.0 Å². The highest BCUT2D eigenvalue weighted by Crippen LogP contribution is 2.41. The van der Waals surface area contributed by atoms with Gasteiger partial charge in [0.2, 0.25) is 0 Å². The largest absolute Gasteiger partial charge is 0.756 e. The number of unbranched alkanes of at least 4 members (excludes halogenated alkanes) is 13. The summed E-state index contributed by atoms with van der Waals surface area (Å²) in [5, 5.41) is 18.4. The fraction of sp³-hybridized carbons (Fsp3) is 0.960. The van der Waals surface area contributed by atoms with Gasteiger partial charge in [0.05, 0.1) is 27.7 Å². The van der Waals surface area contributed by atoms with Gasteiger partial charge in [0.15, 0.2) is 11.9 Å². The van der Waals surface area contributed by atoms with E-state index in [9.17, 15) is 19.4 Å². The van der Waals surface area contributed by atoms with E-state index in [1.54, 1.807) is 0 Å². The molecule has 0 aromatic heterocycles. The van der Waals surface area contributed by atoms with Gasteiger partial charge in [-0.3, -0.25) is 14.6 Å².